The SMILES string of the molecule is CCC(C)[C@H](CC(=O)[C@@H](NC(=O)C1OC(=O)C1C(C)C)C(C)C)C(=O)O. The van der Waals surface area contributed by atoms with Crippen LogP contribution in [0.4, 0.5) is 0 Å². The summed E-state index contributed by atoms with van der Waals surface area (Å²) < 4.78 is 4.95. The Morgan fingerprint density at radius 2 is 1.73 bits per heavy atom. The number of Topliss-reactive ketones (excluding diaryl/α,β-unsaturated/α-hetero) is 1. The summed E-state index contributed by atoms with van der Waals surface area (Å²) in [4.78, 5) is 48.1. The molecule has 26 heavy (non-hydrogen) atoms. The van der Waals surface area contributed by atoms with Crippen LogP contribution in [0.5, 0.6) is 0 Å². The Labute approximate surface area is 154 Å². The molecule has 148 valence electrons. The van der Waals surface area contributed by atoms with Crippen molar-refractivity contribution in [3.05, 3.63) is 0 Å². The van der Waals surface area contributed by atoms with Crippen molar-refractivity contribution in [2.24, 2.45) is 29.6 Å². The van der Waals surface area contributed by atoms with E-state index in [0.717, 1.165) is 0 Å². The fourth-order valence-corrected chi connectivity index (χ4v) is 3.18. The average Bonchev–Trinajstić information content (AvgIpc) is 2.52. The summed E-state index contributed by atoms with van der Waals surface area (Å²) in [7, 11) is 0. The van der Waals surface area contributed by atoms with E-state index in [1.54, 1.807) is 20.8 Å². The Balaban J connectivity index is 2.82. The fourth-order valence-electron chi connectivity index (χ4n) is 3.18. The Kier molecular flexibility index (Phi) is 7.78. The van der Waals surface area contributed by atoms with E-state index in [1.165, 1.54) is 0 Å². The lowest BCUT2D eigenvalue weighted by molar-refractivity contribution is -0.193. The van der Waals surface area contributed by atoms with Gasteiger partial charge in [0.2, 0.25) is 0 Å². The maximum absolute atomic E-state index is 12.7. The number of nitrogens with one attached hydrogen (secondary N) is 1. The van der Waals surface area contributed by atoms with Gasteiger partial charge in [-0.2, -0.15) is 0 Å². The molecule has 0 aromatic carbocycles. The molecular formula is C19H31NO6. The smallest absolute Gasteiger partial charge is 0.314 e. The molecule has 0 aliphatic carbocycles. The van der Waals surface area contributed by atoms with E-state index in [4.69, 9.17) is 4.74 Å². The number of amides is 1. The summed E-state index contributed by atoms with van der Waals surface area (Å²) in [6, 6.07) is -0.805. The summed E-state index contributed by atoms with van der Waals surface area (Å²) in [6.07, 6.45) is -0.371. The first-order valence-electron chi connectivity index (χ1n) is 9.27. The van der Waals surface area contributed by atoms with Gasteiger partial charge < -0.3 is 15.2 Å². The second-order valence-electron chi connectivity index (χ2n) is 7.86. The van der Waals surface area contributed by atoms with Crippen LogP contribution in [0.1, 0.15) is 54.4 Å². The largest absolute Gasteiger partial charge is 0.481 e. The molecule has 1 heterocycles. The number of ether oxygens (including phenoxy) is 1. The maximum Gasteiger partial charge on any atom is 0.314 e. The minimum absolute atomic E-state index is 0.0398. The predicted molar refractivity (Wildman–Crippen MR) is 95.2 cm³/mol. The molecule has 1 fully saturated rings. The standard InChI is InChI=1S/C19H31NO6/c1-7-11(6)12(18(23)24)8-13(21)15(10(4)5)20-17(22)16-14(9(2)3)19(25)26-16/h9-12,14-16H,7-8H2,1-6H3,(H,20,22)(H,23,24)/t11?,12-,14?,15-,16?/m0/s1. The molecule has 0 bridgehead atoms. The number of esters is 1. The number of aliphatic carboxylic acids is 1. The van der Waals surface area contributed by atoms with Gasteiger partial charge >= 0.3 is 11.9 Å². The Morgan fingerprint density at radius 3 is 2.12 bits per heavy atom. The molecule has 0 aromatic rings. The Hall–Kier alpha value is -1.92. The number of rotatable bonds is 10. The van der Waals surface area contributed by atoms with Crippen molar-refractivity contribution in [3.63, 3.8) is 0 Å². The van der Waals surface area contributed by atoms with Crippen LogP contribution in [0, 0.1) is 29.6 Å². The molecule has 7 nitrogen and oxygen atoms in total. The topological polar surface area (TPSA) is 110 Å². The molecule has 1 amide bonds. The Morgan fingerprint density at radius 1 is 1.15 bits per heavy atom. The highest BCUT2D eigenvalue weighted by molar-refractivity contribution is 5.97. The first kappa shape index (κ1) is 22.1. The number of carbonyl (C=O) groups is 4. The van der Waals surface area contributed by atoms with E-state index in [9.17, 15) is 24.3 Å². The Bertz CT molecular complexity index is 556. The van der Waals surface area contributed by atoms with Crippen molar-refractivity contribution in [3.8, 4) is 0 Å². The monoisotopic (exact) mass is 369 g/mol. The number of cyclic esters (lactones) is 1. The molecule has 1 aliphatic rings. The molecule has 0 radical (unpaired) electrons. The van der Waals surface area contributed by atoms with E-state index < -0.39 is 41.8 Å². The van der Waals surface area contributed by atoms with Gasteiger partial charge in [0.1, 0.15) is 5.92 Å². The second-order valence-corrected chi connectivity index (χ2v) is 7.86. The highest BCUT2D eigenvalue weighted by Crippen LogP contribution is 2.30. The van der Waals surface area contributed by atoms with Crippen LogP contribution in [0.25, 0.3) is 0 Å². The van der Waals surface area contributed by atoms with Crippen LogP contribution in [-0.2, 0) is 23.9 Å². The van der Waals surface area contributed by atoms with Crippen molar-refractivity contribution in [2.75, 3.05) is 0 Å². The van der Waals surface area contributed by atoms with Gasteiger partial charge in [0.25, 0.3) is 5.91 Å². The van der Waals surface area contributed by atoms with E-state index in [2.05, 4.69) is 5.32 Å². The zero-order valence-corrected chi connectivity index (χ0v) is 16.4. The van der Waals surface area contributed by atoms with Gasteiger partial charge in [0.15, 0.2) is 11.9 Å². The number of carboxylic acid groups (broad SMARTS) is 1. The van der Waals surface area contributed by atoms with Gasteiger partial charge in [-0.05, 0) is 17.8 Å². The van der Waals surface area contributed by atoms with Gasteiger partial charge in [-0.3, -0.25) is 19.2 Å². The number of hydrogen-bond acceptors (Lipinski definition) is 5. The van der Waals surface area contributed by atoms with Gasteiger partial charge in [0.05, 0.1) is 12.0 Å². The molecule has 3 unspecified atom stereocenters. The highest BCUT2D eigenvalue weighted by atomic mass is 16.6. The van der Waals surface area contributed by atoms with Gasteiger partial charge in [-0.15, -0.1) is 0 Å². The number of carboxylic acids is 1. The van der Waals surface area contributed by atoms with Crippen LogP contribution in [0.2, 0.25) is 0 Å². The van der Waals surface area contributed by atoms with E-state index in [1.807, 2.05) is 20.8 Å². The van der Waals surface area contributed by atoms with Gasteiger partial charge in [-0.1, -0.05) is 48.0 Å². The molecule has 1 saturated heterocycles. The summed E-state index contributed by atoms with van der Waals surface area (Å²) in [5.74, 6) is -3.89. The van der Waals surface area contributed by atoms with Gasteiger partial charge in [-0.25, -0.2) is 0 Å². The van der Waals surface area contributed by atoms with E-state index in [-0.39, 0.29) is 30.0 Å². The minimum atomic E-state index is -1.01. The van der Waals surface area contributed by atoms with Crippen LogP contribution in [0.3, 0.4) is 0 Å². The molecule has 1 rings (SSSR count). The van der Waals surface area contributed by atoms with Crippen LogP contribution in [-0.4, -0.2) is 40.9 Å². The van der Waals surface area contributed by atoms with Crippen LogP contribution in [0.15, 0.2) is 0 Å². The van der Waals surface area contributed by atoms with Crippen molar-refractivity contribution in [1.29, 1.82) is 0 Å². The molecule has 1 aliphatic heterocycles. The van der Waals surface area contributed by atoms with Crippen molar-refractivity contribution < 1.29 is 29.0 Å². The average molecular weight is 369 g/mol. The summed E-state index contributed by atoms with van der Waals surface area (Å²) >= 11 is 0. The zero-order valence-electron chi connectivity index (χ0n) is 16.4. The first-order valence-corrected chi connectivity index (χ1v) is 9.27. The fraction of sp³-hybridized carbons (Fsp3) is 0.789. The third-order valence-electron chi connectivity index (χ3n) is 5.20. The van der Waals surface area contributed by atoms with Crippen LogP contribution >= 0.6 is 0 Å². The van der Waals surface area contributed by atoms with Crippen molar-refractivity contribution in [2.45, 2.75) is 66.5 Å². The molecule has 7 heteroatoms. The maximum atomic E-state index is 12.7. The lowest BCUT2D eigenvalue weighted by Crippen LogP contribution is -2.59. The first-order chi connectivity index (χ1) is 12.0. The van der Waals surface area contributed by atoms with Gasteiger partial charge in [0, 0.05) is 6.42 Å². The molecule has 0 spiro atoms. The highest BCUT2D eigenvalue weighted by Gasteiger charge is 2.49. The molecule has 5 atom stereocenters. The number of carbonyl (C=O) groups excluding carboxylic acids is 3. The number of ketones is 1. The third-order valence-corrected chi connectivity index (χ3v) is 5.20. The second kappa shape index (κ2) is 9.14. The summed E-state index contributed by atoms with van der Waals surface area (Å²) in [6.45, 7) is 10.9. The van der Waals surface area contributed by atoms with Crippen molar-refractivity contribution in [1.82, 2.24) is 5.32 Å². The minimum Gasteiger partial charge on any atom is -0.481 e. The van der Waals surface area contributed by atoms with Crippen molar-refractivity contribution >= 4 is 23.6 Å². The summed E-state index contributed by atoms with van der Waals surface area (Å²) in [5, 5.41) is 12.1. The molecule has 2 N–H and O–H groups in total. The van der Waals surface area contributed by atoms with E-state index >= 15 is 0 Å². The van der Waals surface area contributed by atoms with E-state index in [0.29, 0.717) is 6.42 Å². The zero-order chi connectivity index (χ0) is 20.2. The predicted octanol–water partition coefficient (Wildman–Crippen LogP) is 2.03. The number of hydrogen-bond donors (Lipinski definition) is 2. The molecular weight excluding hydrogens is 338 g/mol. The van der Waals surface area contributed by atoms with Crippen LogP contribution < -0.4 is 5.32 Å². The normalized spacial score (nSPS) is 23.0. The third kappa shape index (κ3) is 5.05. The molecule has 0 aromatic heterocycles. The summed E-state index contributed by atoms with van der Waals surface area (Å²) in [5.41, 5.74) is 0. The molecule has 0 saturated carbocycles. The lowest BCUT2D eigenvalue weighted by atomic mass is 9.83. The lowest BCUT2D eigenvalue weighted by Gasteiger charge is -2.37. The quantitative estimate of drug-likeness (QED) is 0.570.